The Labute approximate surface area is 173 Å². The van der Waals surface area contributed by atoms with E-state index in [4.69, 9.17) is 16.0 Å². The zero-order chi connectivity index (χ0) is 20.4. The minimum atomic E-state index is -0.300. The van der Waals surface area contributed by atoms with E-state index in [-0.39, 0.29) is 11.5 Å². The van der Waals surface area contributed by atoms with Crippen LogP contribution < -0.4 is 10.9 Å². The van der Waals surface area contributed by atoms with Gasteiger partial charge in [-0.1, -0.05) is 41.9 Å². The molecule has 1 N–H and O–H groups in total. The maximum atomic E-state index is 13.0. The summed E-state index contributed by atoms with van der Waals surface area (Å²) >= 11 is 5.93. The normalized spacial score (nSPS) is 11.6. The number of amides is 1. The summed E-state index contributed by atoms with van der Waals surface area (Å²) in [7, 11) is 0. The number of nitrogens with zero attached hydrogens (tertiary/aromatic N) is 1. The highest BCUT2D eigenvalue weighted by Crippen LogP contribution is 2.22. The van der Waals surface area contributed by atoms with Crippen LogP contribution in [-0.2, 0) is 0 Å². The van der Waals surface area contributed by atoms with Crippen molar-refractivity contribution in [1.82, 2.24) is 0 Å². The summed E-state index contributed by atoms with van der Waals surface area (Å²) in [6, 6.07) is 22.2. The number of carbonyl (C=O) groups is 1. The number of hydrogen-bond donors (Lipinski definition) is 1. The molecule has 0 atom stereocenters. The number of halogens is 1. The lowest BCUT2D eigenvalue weighted by atomic mass is 10.1. The molecule has 0 aliphatic heterocycles. The molecule has 1 heterocycles. The summed E-state index contributed by atoms with van der Waals surface area (Å²) < 4.78 is 6.02. The van der Waals surface area contributed by atoms with Gasteiger partial charge in [0.1, 0.15) is 11.1 Å². The molecule has 0 fully saturated rings. The van der Waals surface area contributed by atoms with Crippen molar-refractivity contribution in [2.24, 2.45) is 4.99 Å². The van der Waals surface area contributed by atoms with Gasteiger partial charge in [-0.3, -0.25) is 4.79 Å². The third-order valence-corrected chi connectivity index (χ3v) is 5.05. The van der Waals surface area contributed by atoms with E-state index in [1.165, 1.54) is 0 Å². The molecule has 0 saturated carbocycles. The first-order chi connectivity index (χ1) is 14.0. The molecule has 5 heteroatoms. The van der Waals surface area contributed by atoms with Crippen molar-refractivity contribution < 1.29 is 9.21 Å². The molecule has 144 valence electrons. The highest BCUT2D eigenvalue weighted by molar-refractivity contribution is 6.30. The van der Waals surface area contributed by atoms with Crippen LogP contribution in [0.15, 0.2) is 82.2 Å². The van der Waals surface area contributed by atoms with Crippen molar-refractivity contribution in [3.05, 3.63) is 100 Å². The third-order valence-electron chi connectivity index (χ3n) is 4.80. The van der Waals surface area contributed by atoms with Crippen molar-refractivity contribution in [3.63, 3.8) is 0 Å². The summed E-state index contributed by atoms with van der Waals surface area (Å²) in [4.78, 5) is 17.7. The molecule has 1 amide bonds. The van der Waals surface area contributed by atoms with Crippen molar-refractivity contribution >= 4 is 39.9 Å². The molecule has 3 aromatic carbocycles. The molecule has 1 aromatic heterocycles. The Morgan fingerprint density at radius 1 is 0.966 bits per heavy atom. The van der Waals surface area contributed by atoms with Crippen LogP contribution in [-0.4, -0.2) is 5.91 Å². The minimum Gasteiger partial charge on any atom is -0.438 e. The molecule has 4 nitrogen and oxygen atoms in total. The molecule has 4 aromatic rings. The summed E-state index contributed by atoms with van der Waals surface area (Å²) in [6.45, 7) is 4.03. The number of hydrogen-bond acceptors (Lipinski definition) is 3. The fourth-order valence-corrected chi connectivity index (χ4v) is 3.14. The van der Waals surface area contributed by atoms with Gasteiger partial charge in [-0.15, -0.1) is 0 Å². The van der Waals surface area contributed by atoms with E-state index in [9.17, 15) is 4.79 Å². The molecule has 0 radical (unpaired) electrons. The summed E-state index contributed by atoms with van der Waals surface area (Å²) in [5, 5.41) is 4.32. The van der Waals surface area contributed by atoms with Gasteiger partial charge < -0.3 is 9.73 Å². The van der Waals surface area contributed by atoms with Crippen LogP contribution in [0.3, 0.4) is 0 Å². The van der Waals surface area contributed by atoms with Gasteiger partial charge in [0.05, 0.1) is 5.69 Å². The SMILES string of the molecule is Cc1cccc(N=c2oc3ccccc3cc2C(=O)Nc2ccc(Cl)cc2)c1C. The Morgan fingerprint density at radius 3 is 2.52 bits per heavy atom. The van der Waals surface area contributed by atoms with Crippen molar-refractivity contribution in [1.29, 1.82) is 0 Å². The Balaban J connectivity index is 1.86. The first-order valence-electron chi connectivity index (χ1n) is 9.22. The maximum Gasteiger partial charge on any atom is 0.261 e. The van der Waals surface area contributed by atoms with Crippen LogP contribution in [0.1, 0.15) is 21.5 Å². The standard InChI is InChI=1S/C24H19ClN2O2/c1-15-6-5-8-21(16(15)2)27-24-20(14-17-7-3-4-9-22(17)29-24)23(28)26-19-12-10-18(25)11-13-19/h3-14H,1-2H3,(H,26,28). The van der Waals surface area contributed by atoms with Gasteiger partial charge in [0.2, 0.25) is 5.55 Å². The Morgan fingerprint density at radius 2 is 1.72 bits per heavy atom. The predicted octanol–water partition coefficient (Wildman–Crippen LogP) is 6.19. The van der Waals surface area contributed by atoms with Gasteiger partial charge in [0.15, 0.2) is 0 Å². The quantitative estimate of drug-likeness (QED) is 0.444. The van der Waals surface area contributed by atoms with Crippen molar-refractivity contribution in [2.45, 2.75) is 13.8 Å². The number of benzene rings is 3. The number of para-hydroxylation sites is 1. The van der Waals surface area contributed by atoms with E-state index >= 15 is 0 Å². The van der Waals surface area contributed by atoms with Crippen LogP contribution in [0.25, 0.3) is 11.0 Å². The highest BCUT2D eigenvalue weighted by Gasteiger charge is 2.13. The van der Waals surface area contributed by atoms with E-state index < -0.39 is 0 Å². The molecule has 0 bridgehead atoms. The minimum absolute atomic E-state index is 0.267. The van der Waals surface area contributed by atoms with Crippen LogP contribution in [0.4, 0.5) is 11.4 Å². The number of fused-ring (bicyclic) bond motifs is 1. The van der Waals surface area contributed by atoms with E-state index in [1.807, 2.05) is 56.3 Å². The topological polar surface area (TPSA) is 54.6 Å². The predicted molar refractivity (Wildman–Crippen MR) is 117 cm³/mol. The average Bonchev–Trinajstić information content (AvgIpc) is 2.72. The van der Waals surface area contributed by atoms with Gasteiger partial charge in [0.25, 0.3) is 5.91 Å². The zero-order valence-corrected chi connectivity index (χ0v) is 16.8. The van der Waals surface area contributed by atoms with E-state index in [1.54, 1.807) is 30.3 Å². The number of carbonyl (C=O) groups excluding carboxylic acids is 1. The second kappa shape index (κ2) is 7.94. The molecule has 29 heavy (non-hydrogen) atoms. The van der Waals surface area contributed by atoms with Crippen molar-refractivity contribution in [3.8, 4) is 0 Å². The Kier molecular flexibility index (Phi) is 5.19. The largest absolute Gasteiger partial charge is 0.438 e. The molecular weight excluding hydrogens is 384 g/mol. The van der Waals surface area contributed by atoms with Crippen LogP contribution in [0, 0.1) is 13.8 Å². The van der Waals surface area contributed by atoms with E-state index in [0.29, 0.717) is 21.9 Å². The first kappa shape index (κ1) is 19.0. The van der Waals surface area contributed by atoms with Gasteiger partial charge in [-0.25, -0.2) is 4.99 Å². The molecule has 0 spiro atoms. The first-order valence-corrected chi connectivity index (χ1v) is 9.60. The zero-order valence-electron chi connectivity index (χ0n) is 16.1. The van der Waals surface area contributed by atoms with Gasteiger partial charge in [-0.2, -0.15) is 0 Å². The van der Waals surface area contributed by atoms with Crippen molar-refractivity contribution in [2.75, 3.05) is 5.32 Å². The molecule has 0 saturated heterocycles. The number of nitrogens with one attached hydrogen (secondary N) is 1. The summed E-state index contributed by atoms with van der Waals surface area (Å²) in [5.41, 5.74) is 4.87. The fourth-order valence-electron chi connectivity index (χ4n) is 3.01. The lowest BCUT2D eigenvalue weighted by Gasteiger charge is -2.08. The monoisotopic (exact) mass is 402 g/mol. The van der Waals surface area contributed by atoms with Crippen LogP contribution in [0.5, 0.6) is 0 Å². The molecule has 0 aliphatic carbocycles. The smallest absolute Gasteiger partial charge is 0.261 e. The number of aryl methyl sites for hydroxylation is 1. The second-order valence-corrected chi connectivity index (χ2v) is 7.23. The fraction of sp³-hybridized carbons (Fsp3) is 0.0833. The second-order valence-electron chi connectivity index (χ2n) is 6.79. The maximum absolute atomic E-state index is 13.0. The lowest BCUT2D eigenvalue weighted by Crippen LogP contribution is -2.21. The Bertz CT molecular complexity index is 1270. The van der Waals surface area contributed by atoms with Gasteiger partial charge in [0, 0.05) is 16.1 Å². The number of rotatable bonds is 3. The van der Waals surface area contributed by atoms with Gasteiger partial charge in [-0.05, 0) is 67.4 Å². The molecule has 4 rings (SSSR count). The molecule has 0 unspecified atom stereocenters. The summed E-state index contributed by atoms with van der Waals surface area (Å²) in [6.07, 6.45) is 0. The third kappa shape index (κ3) is 4.08. The average molecular weight is 403 g/mol. The summed E-state index contributed by atoms with van der Waals surface area (Å²) in [5.74, 6) is -0.300. The molecule has 0 aliphatic rings. The highest BCUT2D eigenvalue weighted by atomic mass is 35.5. The Hall–Kier alpha value is -3.37. The lowest BCUT2D eigenvalue weighted by molar-refractivity contribution is 0.102. The number of anilines is 1. The van der Waals surface area contributed by atoms with E-state index in [0.717, 1.165) is 22.2 Å². The molecular formula is C24H19ClN2O2. The van der Waals surface area contributed by atoms with Crippen LogP contribution in [0.2, 0.25) is 5.02 Å². The van der Waals surface area contributed by atoms with Crippen LogP contribution >= 0.6 is 11.6 Å². The van der Waals surface area contributed by atoms with E-state index in [2.05, 4.69) is 10.3 Å². The van der Waals surface area contributed by atoms with Gasteiger partial charge >= 0.3 is 0 Å².